The van der Waals surface area contributed by atoms with Crippen molar-refractivity contribution in [3.8, 4) is 11.3 Å². The molecule has 9 nitrogen and oxygen atoms in total. The Morgan fingerprint density at radius 2 is 1.71 bits per heavy atom. The Morgan fingerprint density at radius 1 is 1.05 bits per heavy atom. The van der Waals surface area contributed by atoms with Crippen molar-refractivity contribution < 1.29 is 14.3 Å². The average molecular weight is 591 g/mol. The van der Waals surface area contributed by atoms with E-state index in [0.717, 1.165) is 55.3 Å². The molecule has 2 N–H and O–H groups in total. The van der Waals surface area contributed by atoms with Gasteiger partial charge in [0.2, 0.25) is 5.91 Å². The zero-order valence-corrected chi connectivity index (χ0v) is 26.9. The summed E-state index contributed by atoms with van der Waals surface area (Å²) < 4.78 is 9.65. The van der Waals surface area contributed by atoms with E-state index in [9.17, 15) is 9.59 Å². The van der Waals surface area contributed by atoms with Crippen LogP contribution in [0.15, 0.2) is 42.9 Å². The Morgan fingerprint density at radius 3 is 2.31 bits per heavy atom. The molecule has 2 aromatic heterocycles. The molecule has 2 heterocycles. The number of benzene rings is 1. The molecule has 2 saturated carbocycles. The van der Waals surface area contributed by atoms with Gasteiger partial charge in [-0.15, -0.1) is 0 Å². The quantitative estimate of drug-likeness (QED) is 0.174. The summed E-state index contributed by atoms with van der Waals surface area (Å²) in [6.07, 6.45) is 7.94. The third-order valence-electron chi connectivity index (χ3n) is 8.43. The maximum absolute atomic E-state index is 13.8. The van der Waals surface area contributed by atoms with Gasteiger partial charge in [-0.1, -0.05) is 31.8 Å². The van der Waals surface area contributed by atoms with Crippen molar-refractivity contribution in [3.05, 3.63) is 54.2 Å². The second kappa shape index (κ2) is 12.5. The molecule has 42 heavy (non-hydrogen) atoms. The molecule has 0 bridgehead atoms. The van der Waals surface area contributed by atoms with Gasteiger partial charge in [-0.3, -0.25) is 14.3 Å². The van der Waals surface area contributed by atoms with Crippen LogP contribution in [0, 0.1) is 24.7 Å². The zero-order valence-electron chi connectivity index (χ0n) is 25.9. The van der Waals surface area contributed by atoms with Crippen LogP contribution >= 0.6 is 0 Å². The number of nitrogens with zero attached hydrogens (tertiary/aromatic N) is 4. The summed E-state index contributed by atoms with van der Waals surface area (Å²) in [4.78, 5) is 31.8. The molecular formula is C32H46N6O3Si. The fourth-order valence-electron chi connectivity index (χ4n) is 5.68. The number of nitrogens with one attached hydrogen (secondary N) is 2. The number of anilines is 1. The van der Waals surface area contributed by atoms with Gasteiger partial charge in [-0.2, -0.15) is 5.10 Å². The molecular weight excluding hydrogens is 544 g/mol. The number of ether oxygens (including phenoxy) is 1. The molecule has 1 atom stereocenters. The maximum atomic E-state index is 13.8. The van der Waals surface area contributed by atoms with Crippen LogP contribution < -0.4 is 10.6 Å². The Balaban J connectivity index is 1.26. The molecule has 0 radical (unpaired) electrons. The highest BCUT2D eigenvalue weighted by atomic mass is 28.3. The van der Waals surface area contributed by atoms with Gasteiger partial charge < -0.3 is 19.9 Å². The normalized spacial score (nSPS) is 16.2. The van der Waals surface area contributed by atoms with Crippen molar-refractivity contribution in [2.45, 2.75) is 91.0 Å². The number of rotatable bonds is 14. The smallest absolute Gasteiger partial charge is 0.270 e. The summed E-state index contributed by atoms with van der Waals surface area (Å²) in [6, 6.07) is 10.1. The molecule has 2 aliphatic carbocycles. The van der Waals surface area contributed by atoms with Crippen LogP contribution in [-0.4, -0.2) is 51.9 Å². The Bertz CT molecular complexity index is 1370. The first-order valence-electron chi connectivity index (χ1n) is 15.4. The first-order valence-corrected chi connectivity index (χ1v) is 19.1. The minimum absolute atomic E-state index is 0.0479. The topological polar surface area (TPSA) is 103 Å². The summed E-state index contributed by atoms with van der Waals surface area (Å²) >= 11 is 0. The number of hydrogen-bond acceptors (Lipinski definition) is 5. The van der Waals surface area contributed by atoms with Crippen LogP contribution in [0.5, 0.6) is 0 Å². The lowest BCUT2D eigenvalue weighted by Crippen LogP contribution is -2.50. The predicted octanol–water partition coefficient (Wildman–Crippen LogP) is 6.12. The first kappa shape index (κ1) is 30.2. The molecule has 2 aliphatic rings. The van der Waals surface area contributed by atoms with E-state index < -0.39 is 14.1 Å². The minimum Gasteiger partial charge on any atom is -0.361 e. The first-order chi connectivity index (χ1) is 20.0. The Kier molecular flexibility index (Phi) is 9.03. The lowest BCUT2D eigenvalue weighted by molar-refractivity contribution is -0.119. The minimum atomic E-state index is -1.12. The van der Waals surface area contributed by atoms with E-state index in [1.54, 1.807) is 16.9 Å². The van der Waals surface area contributed by atoms with Crippen molar-refractivity contribution in [1.82, 2.24) is 24.6 Å². The second-order valence-corrected chi connectivity index (χ2v) is 19.1. The predicted molar refractivity (Wildman–Crippen MR) is 168 cm³/mol. The Labute approximate surface area is 250 Å². The van der Waals surface area contributed by atoms with Gasteiger partial charge in [0, 0.05) is 43.9 Å². The van der Waals surface area contributed by atoms with Crippen LogP contribution in [0.1, 0.15) is 61.8 Å². The Hall–Kier alpha value is -3.24. The van der Waals surface area contributed by atoms with E-state index in [1.807, 2.05) is 55.9 Å². The van der Waals surface area contributed by atoms with Crippen LogP contribution in [0.3, 0.4) is 0 Å². The lowest BCUT2D eigenvalue weighted by Gasteiger charge is -2.27. The highest BCUT2D eigenvalue weighted by molar-refractivity contribution is 6.76. The monoisotopic (exact) mass is 590 g/mol. The number of carbonyl (C=O) groups is 2. The zero-order chi connectivity index (χ0) is 30.0. The molecule has 2 fully saturated rings. The largest absolute Gasteiger partial charge is 0.361 e. The van der Waals surface area contributed by atoms with Crippen LogP contribution in [0.25, 0.3) is 11.3 Å². The molecule has 1 aromatic carbocycles. The van der Waals surface area contributed by atoms with Gasteiger partial charge in [-0.05, 0) is 88.5 Å². The number of aromatic nitrogens is 4. The third-order valence-corrected chi connectivity index (χ3v) is 10.1. The molecule has 3 aromatic rings. The van der Waals surface area contributed by atoms with Gasteiger partial charge in [0.05, 0.1) is 12.0 Å². The third kappa shape index (κ3) is 7.39. The number of imidazole rings is 1. The molecule has 226 valence electrons. The molecule has 0 unspecified atom stereocenters. The van der Waals surface area contributed by atoms with Crippen LogP contribution in [-0.2, 0) is 16.3 Å². The molecule has 5 rings (SSSR count). The molecule has 0 spiro atoms. The summed E-state index contributed by atoms with van der Waals surface area (Å²) in [6.45, 7) is 14.3. The summed E-state index contributed by atoms with van der Waals surface area (Å²) in [5.74, 6) is 0.722. The van der Waals surface area contributed by atoms with E-state index in [2.05, 4.69) is 40.4 Å². The van der Waals surface area contributed by atoms with E-state index in [4.69, 9.17) is 4.74 Å². The molecule has 0 saturated heterocycles. The second-order valence-electron chi connectivity index (χ2n) is 13.5. The van der Waals surface area contributed by atoms with Crippen molar-refractivity contribution in [2.24, 2.45) is 17.8 Å². The average Bonchev–Trinajstić information content (AvgIpc) is 3.87. The van der Waals surface area contributed by atoms with Crippen molar-refractivity contribution in [3.63, 3.8) is 0 Å². The van der Waals surface area contributed by atoms with Gasteiger partial charge in [0.1, 0.15) is 18.5 Å². The van der Waals surface area contributed by atoms with E-state index in [1.165, 1.54) is 0 Å². The number of hydrogen-bond donors (Lipinski definition) is 2. The highest BCUT2D eigenvalue weighted by Crippen LogP contribution is 2.51. The van der Waals surface area contributed by atoms with Crippen LogP contribution in [0.4, 0.5) is 5.69 Å². The highest BCUT2D eigenvalue weighted by Gasteiger charge is 2.48. The van der Waals surface area contributed by atoms with E-state index >= 15 is 0 Å². The molecule has 0 aliphatic heterocycles. The molecule has 2 amide bonds. The van der Waals surface area contributed by atoms with Gasteiger partial charge in [0.25, 0.3) is 5.91 Å². The lowest BCUT2D eigenvalue weighted by atomic mass is 9.88. The van der Waals surface area contributed by atoms with Crippen molar-refractivity contribution in [1.29, 1.82) is 0 Å². The fourth-order valence-corrected chi connectivity index (χ4v) is 6.44. The summed E-state index contributed by atoms with van der Waals surface area (Å²) in [5.41, 5.74) is 4.10. The van der Waals surface area contributed by atoms with E-state index in [0.29, 0.717) is 29.9 Å². The SMILES string of the molecule is Cc1c(-c2ccc(NC(=O)[C@@H](NC(=O)c3ccnn3C(C)C)C(C3CC3)C3CC3)cc2)ncn1COCC[Si](C)(C)C. The molecule has 10 heteroatoms. The maximum Gasteiger partial charge on any atom is 0.270 e. The van der Waals surface area contributed by atoms with Crippen molar-refractivity contribution >= 4 is 25.6 Å². The number of carbonyl (C=O) groups excluding carboxylic acids is 2. The summed E-state index contributed by atoms with van der Waals surface area (Å²) in [7, 11) is -1.12. The summed E-state index contributed by atoms with van der Waals surface area (Å²) in [5, 5.41) is 10.5. The van der Waals surface area contributed by atoms with Gasteiger partial charge >= 0.3 is 0 Å². The van der Waals surface area contributed by atoms with Gasteiger partial charge in [-0.25, -0.2) is 4.98 Å². The van der Waals surface area contributed by atoms with Gasteiger partial charge in [0.15, 0.2) is 0 Å². The van der Waals surface area contributed by atoms with E-state index in [-0.39, 0.29) is 23.8 Å². The fraction of sp³-hybridized carbons (Fsp3) is 0.562. The number of amides is 2. The van der Waals surface area contributed by atoms with Crippen molar-refractivity contribution in [2.75, 3.05) is 11.9 Å². The standard InChI is InChI=1S/C32H46N6O3Si/c1-21(2)38-27(15-16-34-38)31(39)36-30(28(23-7-8-23)24-9-10-24)32(40)35-26-13-11-25(12-14-26)29-22(3)37(19-33-29)20-41-17-18-42(4,5)6/h11-16,19,21,23-24,28,30H,7-10,17-18,20H2,1-6H3,(H,35,40)(H,36,39)/t30-/m0/s1. The van der Waals surface area contributed by atoms with Crippen LogP contribution in [0.2, 0.25) is 25.7 Å².